The zero-order valence-electron chi connectivity index (χ0n) is 64.5. The summed E-state index contributed by atoms with van der Waals surface area (Å²) < 4.78 is 27.1. The summed E-state index contributed by atoms with van der Waals surface area (Å²) in [7, 11) is 0. The molecule has 0 aliphatic carbocycles. The minimum atomic E-state index is 1.21. The van der Waals surface area contributed by atoms with Gasteiger partial charge < -0.3 is 0 Å². The van der Waals surface area contributed by atoms with Gasteiger partial charge in [-0.25, -0.2) is 0 Å². The Bertz CT molecular complexity index is 3630. The number of thiophene rings is 4. The second-order valence-electron chi connectivity index (χ2n) is 27.1. The molecule has 30 heteroatoms. The van der Waals surface area contributed by atoms with Gasteiger partial charge in [-0.05, 0) is 129 Å². The molecule has 0 fully saturated rings. The van der Waals surface area contributed by atoms with Crippen molar-refractivity contribution in [2.75, 3.05) is 46.0 Å². The maximum atomic E-state index is 4.33. The summed E-state index contributed by atoms with van der Waals surface area (Å²) in [6, 6.07) is 0. The van der Waals surface area contributed by atoms with E-state index in [1.807, 2.05) is 22.7 Å². The number of halogens is 2. The number of thioether (sulfide) groups is 24. The second kappa shape index (κ2) is 51.8. The van der Waals surface area contributed by atoms with E-state index in [-0.39, 0.29) is 0 Å². The first-order chi connectivity index (χ1) is 54.1. The largest absolute Gasteiger partial charge is 0.131 e. The topological polar surface area (TPSA) is 0 Å². The van der Waals surface area contributed by atoms with Crippen LogP contribution in [0.2, 0.25) is 0 Å². The minimum absolute atomic E-state index is 1.21. The van der Waals surface area contributed by atoms with Crippen molar-refractivity contribution in [1.82, 2.24) is 0 Å². The first kappa shape index (κ1) is 95.2. The molecule has 0 aromatic carbocycles. The van der Waals surface area contributed by atoms with Crippen LogP contribution < -0.4 is 0 Å². The van der Waals surface area contributed by atoms with Gasteiger partial charge in [-0.1, -0.05) is 398 Å². The fourth-order valence-electron chi connectivity index (χ4n) is 12.0. The van der Waals surface area contributed by atoms with Gasteiger partial charge in [-0.2, -0.15) is 0 Å². The van der Waals surface area contributed by atoms with Crippen LogP contribution in [0.15, 0.2) is 115 Å². The highest BCUT2D eigenvalue weighted by Crippen LogP contribution is 2.76. The average Bonchev–Trinajstić information content (AvgIpc) is 1.56. The molecule has 0 bridgehead atoms. The standard InChI is InChI=1S/C80H104Br2S28/c1-9-17-25-33-41-83-65-66(84-42-34-26-18-10-2)104-77(103-65)73-95-55-49(91-51(57(55)97-73)53-59-61(63(81)93-53)101-75(99-59)79-107-69(87-45-37-29-21-13-5)70(108-79)88-46-38-30-22-14-6)50-56-58(98-74(96-56)78-105-67(85-43-35-27-19-11-3)68(106-78)86-44-36-28-20-12-4)52(92-50)54-60-62(64(82)94-54)102-76(100-60)80-109-71(89-47-39-31-23-15-7)72(110-80)90-48-40-32-24-16-8/h9-48H2,1-8H3. The molecular weight excluding hydrogens is 2020 g/mol. The monoisotopic (exact) mass is 2120 g/mol. The van der Waals surface area contributed by atoms with Crippen molar-refractivity contribution in [3.05, 3.63) is 75.4 Å². The van der Waals surface area contributed by atoms with Crippen molar-refractivity contribution in [3.63, 3.8) is 0 Å². The van der Waals surface area contributed by atoms with Gasteiger partial charge in [-0.3, -0.25) is 0 Å². The van der Waals surface area contributed by atoms with Crippen LogP contribution >= 0.6 is 359 Å². The Morgan fingerprint density at radius 3 is 0.491 bits per heavy atom. The smallest absolute Gasteiger partial charge is 0.0856 e. The number of fused-ring (bicyclic) bond motifs is 4. The van der Waals surface area contributed by atoms with Crippen LogP contribution in [-0.4, -0.2) is 46.0 Å². The van der Waals surface area contributed by atoms with E-state index in [4.69, 9.17) is 0 Å². The van der Waals surface area contributed by atoms with Crippen molar-refractivity contribution in [2.24, 2.45) is 0 Å². The van der Waals surface area contributed by atoms with E-state index in [0.717, 1.165) is 0 Å². The van der Waals surface area contributed by atoms with Crippen molar-refractivity contribution in [1.29, 1.82) is 0 Å². The summed E-state index contributed by atoms with van der Waals surface area (Å²) in [6.45, 7) is 18.7. The summed E-state index contributed by atoms with van der Waals surface area (Å²) in [4.78, 5) is 20.7. The number of hydrogen-bond acceptors (Lipinski definition) is 28. The third kappa shape index (κ3) is 26.6. The molecule has 0 N–H and O–H groups in total. The highest BCUT2D eigenvalue weighted by molar-refractivity contribution is 9.11. The summed E-state index contributed by atoms with van der Waals surface area (Å²) in [6.07, 6.45) is 42.1. The van der Waals surface area contributed by atoms with Gasteiger partial charge in [0.15, 0.2) is 0 Å². The van der Waals surface area contributed by atoms with Crippen LogP contribution in [0.3, 0.4) is 0 Å². The van der Waals surface area contributed by atoms with E-state index in [2.05, 4.69) is 392 Å². The average molecular weight is 2120 g/mol. The fraction of sp³-hybridized carbons (Fsp3) is 0.600. The highest BCUT2D eigenvalue weighted by atomic mass is 79.9. The Balaban J connectivity index is 0.937. The Kier molecular flexibility index (Phi) is 44.8. The van der Waals surface area contributed by atoms with Crippen LogP contribution in [0.25, 0.3) is 29.3 Å². The molecule has 4 aromatic rings. The third-order valence-electron chi connectivity index (χ3n) is 18.1. The predicted octanol–water partition coefficient (Wildman–Crippen LogP) is 42.7. The lowest BCUT2D eigenvalue weighted by Gasteiger charge is -2.06. The van der Waals surface area contributed by atoms with E-state index >= 15 is 0 Å². The molecule has 606 valence electrons. The predicted molar refractivity (Wildman–Crippen MR) is 566 cm³/mol. The van der Waals surface area contributed by atoms with Crippen LogP contribution in [0.4, 0.5) is 0 Å². The minimum Gasteiger partial charge on any atom is -0.131 e. The number of unbranched alkanes of at least 4 members (excludes halogenated alkanes) is 24. The van der Waals surface area contributed by atoms with Gasteiger partial charge in [0.25, 0.3) is 0 Å². The van der Waals surface area contributed by atoms with E-state index in [1.165, 1.54) is 361 Å². The van der Waals surface area contributed by atoms with Crippen molar-refractivity contribution in [2.45, 2.75) is 300 Å². The fourth-order valence-corrected chi connectivity index (χ4v) is 56.5. The first-order valence-corrected chi connectivity index (χ1v) is 65.7. The first-order valence-electron chi connectivity index (χ1n) is 39.9. The lowest BCUT2D eigenvalue weighted by Crippen LogP contribution is -1.83. The molecule has 110 heavy (non-hydrogen) atoms. The van der Waals surface area contributed by atoms with Crippen molar-refractivity contribution < 1.29 is 0 Å². The lowest BCUT2D eigenvalue weighted by atomic mass is 10.2. The molecule has 4 aromatic heterocycles. The molecule has 0 atom stereocenters. The summed E-state index contributed by atoms with van der Waals surface area (Å²) >= 11 is 67.9. The second-order valence-corrected chi connectivity index (χ2v) is 63.1. The van der Waals surface area contributed by atoms with E-state index in [9.17, 15) is 0 Å². The molecule has 12 rings (SSSR count). The zero-order valence-corrected chi connectivity index (χ0v) is 90.5. The summed E-state index contributed by atoms with van der Waals surface area (Å²) in [5, 5.41) is 0. The molecule has 0 spiro atoms. The molecule has 0 radical (unpaired) electrons. The molecular formula is C80H104Br2S28. The van der Waals surface area contributed by atoms with Gasteiger partial charge in [0.2, 0.25) is 0 Å². The number of hydrogen-bond donors (Lipinski definition) is 0. The quantitative estimate of drug-likeness (QED) is 0.0385. The maximum Gasteiger partial charge on any atom is 0.0856 e. The Hall–Kier alpha value is 6.08. The van der Waals surface area contributed by atoms with E-state index in [1.54, 1.807) is 33.9 Å². The van der Waals surface area contributed by atoms with Crippen molar-refractivity contribution in [3.8, 4) is 29.3 Å². The Morgan fingerprint density at radius 1 is 0.173 bits per heavy atom. The van der Waals surface area contributed by atoms with Gasteiger partial charge >= 0.3 is 0 Å². The molecule has 0 saturated heterocycles. The van der Waals surface area contributed by atoms with Gasteiger partial charge in [-0.15, -0.1) is 139 Å². The highest BCUT2D eigenvalue weighted by Gasteiger charge is 2.43. The normalized spacial score (nSPS) is 17.1. The third-order valence-corrected chi connectivity index (χ3v) is 61.6. The van der Waals surface area contributed by atoms with Gasteiger partial charge in [0, 0.05) is 29.4 Å². The Morgan fingerprint density at radius 2 is 0.318 bits per heavy atom. The molecule has 0 nitrogen and oxygen atoms in total. The maximum absolute atomic E-state index is 4.33. The van der Waals surface area contributed by atoms with E-state index in [0.29, 0.717) is 0 Å². The van der Waals surface area contributed by atoms with Gasteiger partial charge in [0.1, 0.15) is 0 Å². The van der Waals surface area contributed by atoms with Crippen LogP contribution in [0.1, 0.15) is 261 Å². The van der Waals surface area contributed by atoms with Crippen LogP contribution in [-0.2, 0) is 0 Å². The molecule has 0 unspecified atom stereocenters. The summed E-state index contributed by atoms with van der Waals surface area (Å²) in [5.41, 5.74) is 0. The summed E-state index contributed by atoms with van der Waals surface area (Å²) in [5.74, 6) is 9.73. The van der Waals surface area contributed by atoms with Crippen LogP contribution in [0.5, 0.6) is 0 Å². The molecule has 8 aliphatic heterocycles. The lowest BCUT2D eigenvalue weighted by molar-refractivity contribution is 0.707. The van der Waals surface area contributed by atoms with E-state index < -0.39 is 0 Å². The van der Waals surface area contributed by atoms with Gasteiger partial charge in [0.05, 0.1) is 114 Å². The van der Waals surface area contributed by atoms with Crippen LogP contribution in [0, 0.1) is 0 Å². The molecule has 8 aliphatic rings. The van der Waals surface area contributed by atoms with Crippen molar-refractivity contribution >= 4 is 359 Å². The SMILES string of the molecule is CCCCCCSC1=C(SCCCCCC)SC(=C2Sc3c(Br)sc(-c4sc(-c5sc(-c6sc(Br)c7c6SC(=C6SC(SCCCCCC)=C(SCCCCCC)S6)S7)c6c5SC(=C5SC(SCCCCCC)=C(SCCCCCC)S5)S6)c5c4SC(=C4SC(SCCCCCC)=C(SCCCCCC)S4)S5)c3S2)S1. The number of rotatable bonds is 51. The molecule has 12 heterocycles. The molecule has 0 amide bonds. The zero-order chi connectivity index (χ0) is 76.6. The Labute approximate surface area is 798 Å². The molecule has 0 saturated carbocycles.